The maximum atomic E-state index is 13.5. The third-order valence-electron chi connectivity index (χ3n) is 2.44. The van der Waals surface area contributed by atoms with Gasteiger partial charge in [0.1, 0.15) is 5.82 Å². The largest absolute Gasteiger partial charge is 0.389 e. The summed E-state index contributed by atoms with van der Waals surface area (Å²) in [6.07, 6.45) is -0.802. The Morgan fingerprint density at radius 2 is 2.14 bits per heavy atom. The number of nitrogens with one attached hydrogen (secondary N) is 2. The molecule has 0 saturated carbocycles. The van der Waals surface area contributed by atoms with Crippen molar-refractivity contribution in [2.45, 2.75) is 20.0 Å². The van der Waals surface area contributed by atoms with Gasteiger partial charge >= 0.3 is 6.03 Å². The Kier molecular flexibility index (Phi) is 7.63. The van der Waals surface area contributed by atoms with E-state index in [1.807, 2.05) is 13.8 Å². The first-order chi connectivity index (χ1) is 9.88. The lowest BCUT2D eigenvalue weighted by Crippen LogP contribution is -2.37. The molecule has 0 radical (unpaired) electrons. The molecular weight excluding hydrogens is 343 g/mol. The SMILES string of the molecule is CC(C)COCC(O)CNC(=O)Nc1ccc(Br)cc1F. The van der Waals surface area contributed by atoms with Crippen LogP contribution in [0.15, 0.2) is 22.7 Å². The molecule has 1 rings (SSSR count). The maximum absolute atomic E-state index is 13.5. The highest BCUT2D eigenvalue weighted by Gasteiger charge is 2.10. The highest BCUT2D eigenvalue weighted by atomic mass is 79.9. The highest BCUT2D eigenvalue weighted by molar-refractivity contribution is 9.10. The van der Waals surface area contributed by atoms with Gasteiger partial charge in [0.25, 0.3) is 0 Å². The molecule has 0 heterocycles. The van der Waals surface area contributed by atoms with Crippen LogP contribution in [0.4, 0.5) is 14.9 Å². The minimum Gasteiger partial charge on any atom is -0.389 e. The number of aliphatic hydroxyl groups is 1. The van der Waals surface area contributed by atoms with Crippen molar-refractivity contribution >= 4 is 27.6 Å². The number of ether oxygens (including phenoxy) is 1. The van der Waals surface area contributed by atoms with Gasteiger partial charge < -0.3 is 20.5 Å². The fraction of sp³-hybridized carbons (Fsp3) is 0.500. The number of benzene rings is 1. The third kappa shape index (κ3) is 7.40. The molecule has 0 aromatic heterocycles. The molecule has 1 unspecified atom stereocenters. The molecule has 5 nitrogen and oxygen atoms in total. The monoisotopic (exact) mass is 362 g/mol. The van der Waals surface area contributed by atoms with Crippen molar-refractivity contribution in [3.63, 3.8) is 0 Å². The van der Waals surface area contributed by atoms with Gasteiger partial charge in [-0.15, -0.1) is 0 Å². The number of rotatable bonds is 7. The van der Waals surface area contributed by atoms with Crippen molar-refractivity contribution in [3.8, 4) is 0 Å². The van der Waals surface area contributed by atoms with Crippen molar-refractivity contribution < 1.29 is 19.0 Å². The Balaban J connectivity index is 2.30. The summed E-state index contributed by atoms with van der Waals surface area (Å²) in [5, 5.41) is 14.4. The quantitative estimate of drug-likeness (QED) is 0.698. The standard InChI is InChI=1S/C14H20BrFN2O3/c1-9(2)7-21-8-11(19)6-17-14(20)18-13-4-3-10(15)5-12(13)16/h3-5,9,11,19H,6-8H2,1-2H3,(H2,17,18,20). The van der Waals surface area contributed by atoms with Gasteiger partial charge in [0, 0.05) is 17.6 Å². The van der Waals surface area contributed by atoms with Crippen LogP contribution in [0.3, 0.4) is 0 Å². The topological polar surface area (TPSA) is 70.6 Å². The molecule has 3 N–H and O–H groups in total. The number of urea groups is 1. The normalized spacial score (nSPS) is 12.3. The minimum atomic E-state index is -0.802. The zero-order chi connectivity index (χ0) is 15.8. The van der Waals surface area contributed by atoms with Gasteiger partial charge in [-0.3, -0.25) is 0 Å². The number of anilines is 1. The molecule has 0 aliphatic heterocycles. The summed E-state index contributed by atoms with van der Waals surface area (Å²) in [6, 6.07) is 3.73. The van der Waals surface area contributed by atoms with E-state index in [1.54, 1.807) is 6.07 Å². The second-order valence-electron chi connectivity index (χ2n) is 5.04. The molecule has 1 aromatic carbocycles. The Morgan fingerprint density at radius 1 is 1.43 bits per heavy atom. The molecule has 2 amide bonds. The van der Waals surface area contributed by atoms with E-state index in [0.717, 1.165) is 0 Å². The molecule has 0 aliphatic carbocycles. The number of amides is 2. The molecule has 118 valence electrons. The fourth-order valence-electron chi connectivity index (χ4n) is 1.47. The second kappa shape index (κ2) is 8.96. The van der Waals surface area contributed by atoms with Crippen molar-refractivity contribution in [1.29, 1.82) is 0 Å². The molecule has 21 heavy (non-hydrogen) atoms. The van der Waals surface area contributed by atoms with Crippen LogP contribution in [0.2, 0.25) is 0 Å². The van der Waals surface area contributed by atoms with Crippen molar-refractivity contribution in [1.82, 2.24) is 5.32 Å². The summed E-state index contributed by atoms with van der Waals surface area (Å²) < 4.78 is 19.3. The third-order valence-corrected chi connectivity index (χ3v) is 2.93. The molecule has 0 saturated heterocycles. The molecular formula is C14H20BrFN2O3. The van der Waals surface area contributed by atoms with E-state index >= 15 is 0 Å². The van der Waals surface area contributed by atoms with Crippen molar-refractivity contribution in [2.75, 3.05) is 25.1 Å². The lowest BCUT2D eigenvalue weighted by Gasteiger charge is -2.14. The van der Waals surface area contributed by atoms with Gasteiger partial charge in [-0.1, -0.05) is 29.8 Å². The van der Waals surface area contributed by atoms with Crippen molar-refractivity contribution in [2.24, 2.45) is 5.92 Å². The summed E-state index contributed by atoms with van der Waals surface area (Å²) in [4.78, 5) is 11.6. The molecule has 0 aliphatic rings. The number of carbonyl (C=O) groups excluding carboxylic acids is 1. The van der Waals surface area contributed by atoms with E-state index in [4.69, 9.17) is 4.74 Å². The summed E-state index contributed by atoms with van der Waals surface area (Å²) in [6.45, 7) is 4.73. The summed E-state index contributed by atoms with van der Waals surface area (Å²) in [5.41, 5.74) is 0.0706. The predicted octanol–water partition coefficient (Wildman–Crippen LogP) is 2.74. The smallest absolute Gasteiger partial charge is 0.319 e. The van der Waals surface area contributed by atoms with Crippen LogP contribution in [-0.4, -0.2) is 37.0 Å². The van der Waals surface area contributed by atoms with Gasteiger partial charge in [-0.05, 0) is 24.1 Å². The molecule has 1 aromatic rings. The van der Waals surface area contributed by atoms with E-state index in [2.05, 4.69) is 26.6 Å². The van der Waals surface area contributed by atoms with Crippen LogP contribution >= 0.6 is 15.9 Å². The second-order valence-corrected chi connectivity index (χ2v) is 5.96. The Hall–Kier alpha value is -1.18. The zero-order valence-corrected chi connectivity index (χ0v) is 13.6. The number of hydrogen-bond acceptors (Lipinski definition) is 3. The van der Waals surface area contributed by atoms with E-state index < -0.39 is 18.0 Å². The van der Waals surface area contributed by atoms with Crippen LogP contribution in [-0.2, 0) is 4.74 Å². The van der Waals surface area contributed by atoms with Crippen LogP contribution in [0.1, 0.15) is 13.8 Å². The van der Waals surface area contributed by atoms with Crippen molar-refractivity contribution in [3.05, 3.63) is 28.5 Å². The molecule has 7 heteroatoms. The molecule has 0 fully saturated rings. The summed E-state index contributed by atoms with van der Waals surface area (Å²) in [5.74, 6) is -0.158. The van der Waals surface area contributed by atoms with Crippen LogP contribution in [0.5, 0.6) is 0 Å². The first-order valence-electron chi connectivity index (χ1n) is 6.64. The molecule has 0 bridgehead atoms. The Labute approximate surface area is 132 Å². The summed E-state index contributed by atoms with van der Waals surface area (Å²) >= 11 is 3.13. The van der Waals surface area contributed by atoms with Gasteiger partial charge in [0.05, 0.1) is 18.4 Å². The summed E-state index contributed by atoms with van der Waals surface area (Å²) in [7, 11) is 0. The van der Waals surface area contributed by atoms with Crippen LogP contribution in [0.25, 0.3) is 0 Å². The first kappa shape index (κ1) is 17.9. The maximum Gasteiger partial charge on any atom is 0.319 e. The van der Waals surface area contributed by atoms with Crippen LogP contribution < -0.4 is 10.6 Å². The lowest BCUT2D eigenvalue weighted by atomic mass is 10.2. The fourth-order valence-corrected chi connectivity index (χ4v) is 1.80. The zero-order valence-electron chi connectivity index (χ0n) is 12.0. The Morgan fingerprint density at radius 3 is 2.76 bits per heavy atom. The number of hydrogen-bond donors (Lipinski definition) is 3. The van der Waals surface area contributed by atoms with E-state index in [9.17, 15) is 14.3 Å². The highest BCUT2D eigenvalue weighted by Crippen LogP contribution is 2.19. The van der Waals surface area contributed by atoms with Gasteiger partial charge in [-0.2, -0.15) is 0 Å². The van der Waals surface area contributed by atoms with E-state index in [1.165, 1.54) is 12.1 Å². The average Bonchev–Trinajstić information content (AvgIpc) is 2.39. The van der Waals surface area contributed by atoms with Gasteiger partial charge in [0.15, 0.2) is 0 Å². The van der Waals surface area contributed by atoms with Gasteiger partial charge in [-0.25, -0.2) is 9.18 Å². The average molecular weight is 363 g/mol. The van der Waals surface area contributed by atoms with Gasteiger partial charge in [0.2, 0.25) is 0 Å². The number of aliphatic hydroxyl groups excluding tert-OH is 1. The van der Waals surface area contributed by atoms with E-state index in [0.29, 0.717) is 17.0 Å². The lowest BCUT2D eigenvalue weighted by molar-refractivity contribution is 0.0274. The minimum absolute atomic E-state index is 0.0298. The number of carbonyl (C=O) groups is 1. The van der Waals surface area contributed by atoms with Crippen LogP contribution in [0, 0.1) is 11.7 Å². The predicted molar refractivity (Wildman–Crippen MR) is 82.8 cm³/mol. The molecule has 1 atom stereocenters. The Bertz CT molecular complexity index is 472. The molecule has 0 spiro atoms. The first-order valence-corrected chi connectivity index (χ1v) is 7.43. The number of halogens is 2. The van der Waals surface area contributed by atoms with E-state index in [-0.39, 0.29) is 18.8 Å².